The van der Waals surface area contributed by atoms with Gasteiger partial charge in [-0.05, 0) is 18.5 Å². The molecule has 1 aromatic heterocycles. The van der Waals surface area contributed by atoms with E-state index in [2.05, 4.69) is 23.1 Å². The van der Waals surface area contributed by atoms with Gasteiger partial charge in [0.25, 0.3) is 0 Å². The number of hydrogen-bond donors (Lipinski definition) is 1. The van der Waals surface area contributed by atoms with E-state index in [1.165, 1.54) is 0 Å². The molecule has 0 saturated heterocycles. The van der Waals surface area contributed by atoms with Crippen molar-refractivity contribution in [2.24, 2.45) is 0 Å². The molecule has 0 saturated carbocycles. The predicted octanol–water partition coefficient (Wildman–Crippen LogP) is 1.63. The summed E-state index contributed by atoms with van der Waals surface area (Å²) < 4.78 is 5.00. The second-order valence-corrected chi connectivity index (χ2v) is 3.59. The Bertz CT molecular complexity index is 340. The molecule has 0 fully saturated rings. The number of nitrogens with zero attached hydrogens (tertiary/aromatic N) is 1. The number of nitrogens with one attached hydrogen (secondary N) is 1. The standard InChI is InChI=1S/C13H18N2O/c1-4-8-14-12(5-2)9-11-6-7-13(16-3)15-10-11/h2,6-7,10,12,14H,4,8-9H2,1,3H3. The molecule has 1 N–H and O–H groups in total. The summed E-state index contributed by atoms with van der Waals surface area (Å²) in [4.78, 5) is 4.15. The van der Waals surface area contributed by atoms with Crippen LogP contribution in [-0.2, 0) is 6.42 Å². The second kappa shape index (κ2) is 6.86. The van der Waals surface area contributed by atoms with E-state index in [0.29, 0.717) is 5.88 Å². The van der Waals surface area contributed by atoms with Crippen molar-refractivity contribution < 1.29 is 4.74 Å². The van der Waals surface area contributed by atoms with Crippen molar-refractivity contribution in [3.63, 3.8) is 0 Å². The molecule has 86 valence electrons. The summed E-state index contributed by atoms with van der Waals surface area (Å²) in [6.45, 7) is 3.06. The summed E-state index contributed by atoms with van der Waals surface area (Å²) in [6, 6.07) is 3.92. The van der Waals surface area contributed by atoms with Gasteiger partial charge in [0.15, 0.2) is 0 Å². The molecule has 0 aliphatic carbocycles. The van der Waals surface area contributed by atoms with Crippen molar-refractivity contribution in [1.82, 2.24) is 10.3 Å². The summed E-state index contributed by atoms with van der Waals surface area (Å²) in [5.74, 6) is 3.37. The fourth-order valence-corrected chi connectivity index (χ4v) is 1.40. The molecule has 3 nitrogen and oxygen atoms in total. The van der Waals surface area contributed by atoms with E-state index in [-0.39, 0.29) is 6.04 Å². The summed E-state index contributed by atoms with van der Waals surface area (Å²) in [7, 11) is 1.61. The van der Waals surface area contributed by atoms with Gasteiger partial charge in [-0.3, -0.25) is 0 Å². The molecule has 0 bridgehead atoms. The van der Waals surface area contributed by atoms with Gasteiger partial charge in [0, 0.05) is 18.7 Å². The largest absolute Gasteiger partial charge is 0.481 e. The average molecular weight is 218 g/mol. The van der Waals surface area contributed by atoms with Crippen LogP contribution in [0.4, 0.5) is 0 Å². The molecule has 0 aliphatic rings. The highest BCUT2D eigenvalue weighted by molar-refractivity contribution is 5.20. The van der Waals surface area contributed by atoms with E-state index in [0.717, 1.165) is 24.9 Å². The summed E-state index contributed by atoms with van der Waals surface area (Å²) in [5.41, 5.74) is 1.12. The van der Waals surface area contributed by atoms with Crippen molar-refractivity contribution in [1.29, 1.82) is 0 Å². The number of methoxy groups -OCH3 is 1. The number of aromatic nitrogens is 1. The summed E-state index contributed by atoms with van der Waals surface area (Å²) in [5, 5.41) is 3.30. The van der Waals surface area contributed by atoms with Crippen molar-refractivity contribution in [3.05, 3.63) is 23.9 Å². The molecule has 3 heteroatoms. The Morgan fingerprint density at radius 3 is 2.88 bits per heavy atom. The van der Waals surface area contributed by atoms with Gasteiger partial charge >= 0.3 is 0 Å². The fourth-order valence-electron chi connectivity index (χ4n) is 1.40. The Hall–Kier alpha value is -1.53. The minimum Gasteiger partial charge on any atom is -0.481 e. The lowest BCUT2D eigenvalue weighted by atomic mass is 10.1. The van der Waals surface area contributed by atoms with Gasteiger partial charge in [0.05, 0.1) is 13.2 Å². The molecule has 0 radical (unpaired) electrons. The third kappa shape index (κ3) is 3.92. The van der Waals surface area contributed by atoms with Gasteiger partial charge in [0.1, 0.15) is 0 Å². The van der Waals surface area contributed by atoms with Gasteiger partial charge in [0.2, 0.25) is 5.88 Å². The first-order valence-corrected chi connectivity index (χ1v) is 5.48. The highest BCUT2D eigenvalue weighted by Crippen LogP contribution is 2.08. The quantitative estimate of drug-likeness (QED) is 0.737. The van der Waals surface area contributed by atoms with Gasteiger partial charge < -0.3 is 10.1 Å². The fraction of sp³-hybridized carbons (Fsp3) is 0.462. The van der Waals surface area contributed by atoms with Crippen LogP contribution in [0.2, 0.25) is 0 Å². The van der Waals surface area contributed by atoms with Gasteiger partial charge in [-0.15, -0.1) is 6.42 Å². The van der Waals surface area contributed by atoms with Crippen LogP contribution in [0.5, 0.6) is 5.88 Å². The number of terminal acetylenes is 1. The highest BCUT2D eigenvalue weighted by Gasteiger charge is 2.05. The molecule has 16 heavy (non-hydrogen) atoms. The first kappa shape index (κ1) is 12.5. The number of hydrogen-bond acceptors (Lipinski definition) is 3. The Morgan fingerprint density at radius 2 is 2.38 bits per heavy atom. The monoisotopic (exact) mass is 218 g/mol. The van der Waals surface area contributed by atoms with Crippen LogP contribution in [-0.4, -0.2) is 24.7 Å². The third-order valence-electron chi connectivity index (χ3n) is 2.29. The number of rotatable bonds is 6. The maximum absolute atomic E-state index is 5.46. The van der Waals surface area contributed by atoms with Gasteiger partial charge in [-0.25, -0.2) is 4.98 Å². The van der Waals surface area contributed by atoms with Crippen LogP contribution in [0.3, 0.4) is 0 Å². The minimum atomic E-state index is 0.0788. The lowest BCUT2D eigenvalue weighted by Crippen LogP contribution is -2.30. The number of pyridine rings is 1. The van der Waals surface area contributed by atoms with Gasteiger partial charge in [-0.1, -0.05) is 18.9 Å². The van der Waals surface area contributed by atoms with Crippen LogP contribution >= 0.6 is 0 Å². The lowest BCUT2D eigenvalue weighted by molar-refractivity contribution is 0.397. The first-order valence-electron chi connectivity index (χ1n) is 5.48. The van der Waals surface area contributed by atoms with E-state index < -0.39 is 0 Å². The van der Waals surface area contributed by atoms with Gasteiger partial charge in [-0.2, -0.15) is 0 Å². The smallest absolute Gasteiger partial charge is 0.212 e. The molecule has 0 aliphatic heterocycles. The van der Waals surface area contributed by atoms with Crippen molar-refractivity contribution in [2.75, 3.05) is 13.7 Å². The molecular weight excluding hydrogens is 200 g/mol. The third-order valence-corrected chi connectivity index (χ3v) is 2.29. The molecule has 0 aromatic carbocycles. The average Bonchev–Trinajstić information content (AvgIpc) is 2.35. The molecule has 0 spiro atoms. The van der Waals surface area contributed by atoms with E-state index in [4.69, 9.17) is 11.2 Å². The molecule has 1 aromatic rings. The number of ether oxygens (including phenoxy) is 1. The Kier molecular flexibility index (Phi) is 5.38. The van der Waals surface area contributed by atoms with E-state index in [1.807, 2.05) is 12.1 Å². The van der Waals surface area contributed by atoms with E-state index >= 15 is 0 Å². The molecule has 1 heterocycles. The predicted molar refractivity (Wildman–Crippen MR) is 65.4 cm³/mol. The molecule has 1 atom stereocenters. The molecular formula is C13H18N2O. The molecule has 0 amide bonds. The zero-order chi connectivity index (χ0) is 11.8. The molecule has 1 unspecified atom stereocenters. The van der Waals surface area contributed by atoms with Crippen molar-refractivity contribution in [2.45, 2.75) is 25.8 Å². The zero-order valence-electron chi connectivity index (χ0n) is 9.86. The van der Waals surface area contributed by atoms with Crippen LogP contribution in [0.1, 0.15) is 18.9 Å². The Balaban J connectivity index is 2.53. The van der Waals surface area contributed by atoms with Crippen LogP contribution in [0, 0.1) is 12.3 Å². The van der Waals surface area contributed by atoms with E-state index in [1.54, 1.807) is 13.3 Å². The summed E-state index contributed by atoms with van der Waals surface area (Å²) in [6.07, 6.45) is 9.14. The van der Waals surface area contributed by atoms with Crippen LogP contribution < -0.4 is 10.1 Å². The van der Waals surface area contributed by atoms with Crippen LogP contribution in [0.25, 0.3) is 0 Å². The highest BCUT2D eigenvalue weighted by atomic mass is 16.5. The SMILES string of the molecule is C#CC(Cc1ccc(OC)nc1)NCCC. The van der Waals surface area contributed by atoms with E-state index in [9.17, 15) is 0 Å². The Morgan fingerprint density at radius 1 is 1.56 bits per heavy atom. The normalized spacial score (nSPS) is 11.8. The lowest BCUT2D eigenvalue weighted by Gasteiger charge is -2.12. The second-order valence-electron chi connectivity index (χ2n) is 3.59. The zero-order valence-corrected chi connectivity index (χ0v) is 9.86. The molecule has 1 rings (SSSR count). The Labute approximate surface area is 97.2 Å². The maximum Gasteiger partial charge on any atom is 0.212 e. The van der Waals surface area contributed by atoms with Crippen LogP contribution in [0.15, 0.2) is 18.3 Å². The summed E-state index contributed by atoms with van der Waals surface area (Å²) >= 11 is 0. The topological polar surface area (TPSA) is 34.1 Å². The maximum atomic E-state index is 5.46. The minimum absolute atomic E-state index is 0.0788. The van der Waals surface area contributed by atoms with Crippen molar-refractivity contribution in [3.8, 4) is 18.2 Å². The van der Waals surface area contributed by atoms with Crippen molar-refractivity contribution >= 4 is 0 Å². The first-order chi connectivity index (χ1) is 7.80.